The Morgan fingerprint density at radius 2 is 1.90 bits per heavy atom. The van der Waals surface area contributed by atoms with Crippen LogP contribution in [0.5, 0.6) is 0 Å². The molecule has 4 nitrogen and oxygen atoms in total. The molecule has 0 spiro atoms. The van der Waals surface area contributed by atoms with Crippen molar-refractivity contribution in [3.8, 4) is 17.2 Å². The van der Waals surface area contributed by atoms with Crippen LogP contribution in [0.3, 0.4) is 0 Å². The van der Waals surface area contributed by atoms with E-state index in [0.29, 0.717) is 17.5 Å². The van der Waals surface area contributed by atoms with Gasteiger partial charge in [-0.1, -0.05) is 37.3 Å². The Morgan fingerprint density at radius 1 is 1.10 bits per heavy atom. The fourth-order valence-corrected chi connectivity index (χ4v) is 5.04. The van der Waals surface area contributed by atoms with E-state index in [4.69, 9.17) is 4.98 Å². The topological polar surface area (TPSA) is 58.7 Å². The van der Waals surface area contributed by atoms with E-state index >= 15 is 0 Å². The standard InChI is InChI=1S/C26H25N3OS/c1-5-7-22-28-25-24(23(18(4)31-25)21-11-10-16(2)17(3)12-21)26(30)29(22)15-20-9-6-8-19(13-20)14-27/h6,8-13H,5,7,15H2,1-4H3. The Balaban J connectivity index is 1.95. The fourth-order valence-electron chi connectivity index (χ4n) is 3.98. The van der Waals surface area contributed by atoms with Crippen LogP contribution in [0, 0.1) is 32.1 Å². The van der Waals surface area contributed by atoms with E-state index < -0.39 is 0 Å². The first-order valence-electron chi connectivity index (χ1n) is 10.5. The van der Waals surface area contributed by atoms with Crippen LogP contribution < -0.4 is 5.56 Å². The number of fused-ring (bicyclic) bond motifs is 1. The lowest BCUT2D eigenvalue weighted by atomic mass is 9.99. The SMILES string of the molecule is CCCc1nc2sc(C)c(-c3ccc(C)c(C)c3)c2c(=O)n1Cc1cccc(C#N)c1. The Labute approximate surface area is 186 Å². The van der Waals surface area contributed by atoms with Crippen LogP contribution in [0.15, 0.2) is 47.3 Å². The quantitative estimate of drug-likeness (QED) is 0.397. The lowest BCUT2D eigenvalue weighted by Crippen LogP contribution is -2.26. The fraction of sp³-hybridized carbons (Fsp3) is 0.269. The van der Waals surface area contributed by atoms with Crippen molar-refractivity contribution in [2.45, 2.75) is 47.1 Å². The zero-order valence-corrected chi connectivity index (χ0v) is 19.1. The van der Waals surface area contributed by atoms with Crippen molar-refractivity contribution < 1.29 is 0 Å². The predicted molar refractivity (Wildman–Crippen MR) is 128 cm³/mol. The maximum atomic E-state index is 13.8. The minimum absolute atomic E-state index is 0.00612. The third kappa shape index (κ3) is 3.92. The summed E-state index contributed by atoms with van der Waals surface area (Å²) >= 11 is 1.59. The Hall–Kier alpha value is -3.23. The summed E-state index contributed by atoms with van der Waals surface area (Å²) in [6, 6.07) is 16.0. The highest BCUT2D eigenvalue weighted by molar-refractivity contribution is 7.19. The van der Waals surface area contributed by atoms with Crippen molar-refractivity contribution in [1.29, 1.82) is 5.26 Å². The number of benzene rings is 2. The van der Waals surface area contributed by atoms with Gasteiger partial charge in [0, 0.05) is 16.9 Å². The molecule has 0 atom stereocenters. The smallest absolute Gasteiger partial charge is 0.263 e. The molecule has 31 heavy (non-hydrogen) atoms. The lowest BCUT2D eigenvalue weighted by Gasteiger charge is -2.13. The summed E-state index contributed by atoms with van der Waals surface area (Å²) in [5.74, 6) is 0.801. The second-order valence-electron chi connectivity index (χ2n) is 7.99. The predicted octanol–water partition coefficient (Wildman–Crippen LogP) is 5.92. The number of thiophene rings is 1. The van der Waals surface area contributed by atoms with Crippen molar-refractivity contribution in [2.75, 3.05) is 0 Å². The van der Waals surface area contributed by atoms with Gasteiger partial charge in [-0.25, -0.2) is 4.98 Å². The van der Waals surface area contributed by atoms with Gasteiger partial charge in [0.2, 0.25) is 0 Å². The van der Waals surface area contributed by atoms with Gasteiger partial charge in [0.1, 0.15) is 10.7 Å². The minimum Gasteiger partial charge on any atom is -0.292 e. The molecule has 0 aliphatic carbocycles. The summed E-state index contributed by atoms with van der Waals surface area (Å²) in [4.78, 5) is 20.6. The second-order valence-corrected chi connectivity index (χ2v) is 9.20. The molecule has 156 valence electrons. The van der Waals surface area contributed by atoms with E-state index in [0.717, 1.165) is 45.1 Å². The van der Waals surface area contributed by atoms with Crippen molar-refractivity contribution in [3.05, 3.63) is 85.8 Å². The molecule has 2 aromatic carbocycles. The van der Waals surface area contributed by atoms with Crippen LogP contribution in [-0.2, 0) is 13.0 Å². The van der Waals surface area contributed by atoms with Crippen LogP contribution in [0.25, 0.3) is 21.3 Å². The summed E-state index contributed by atoms with van der Waals surface area (Å²) < 4.78 is 1.79. The molecule has 0 radical (unpaired) electrons. The van der Waals surface area contributed by atoms with E-state index in [2.05, 4.69) is 52.0 Å². The highest BCUT2D eigenvalue weighted by atomic mass is 32.1. The van der Waals surface area contributed by atoms with Crippen LogP contribution in [-0.4, -0.2) is 9.55 Å². The summed E-state index contributed by atoms with van der Waals surface area (Å²) in [7, 11) is 0. The first-order chi connectivity index (χ1) is 14.9. The molecule has 2 aromatic heterocycles. The normalized spacial score (nSPS) is 11.1. The van der Waals surface area contributed by atoms with Gasteiger partial charge in [0.25, 0.3) is 5.56 Å². The van der Waals surface area contributed by atoms with Gasteiger partial charge in [0.05, 0.1) is 23.6 Å². The highest BCUT2D eigenvalue weighted by Gasteiger charge is 2.20. The molecule has 2 heterocycles. The van der Waals surface area contributed by atoms with Crippen molar-refractivity contribution in [1.82, 2.24) is 9.55 Å². The maximum Gasteiger partial charge on any atom is 0.263 e. The monoisotopic (exact) mass is 427 g/mol. The van der Waals surface area contributed by atoms with Crippen molar-refractivity contribution >= 4 is 21.6 Å². The van der Waals surface area contributed by atoms with Gasteiger partial charge in [0.15, 0.2) is 0 Å². The molecule has 0 N–H and O–H groups in total. The summed E-state index contributed by atoms with van der Waals surface area (Å²) in [6.45, 7) is 8.76. The zero-order chi connectivity index (χ0) is 22.1. The number of rotatable bonds is 5. The van der Waals surface area contributed by atoms with Gasteiger partial charge in [-0.15, -0.1) is 11.3 Å². The van der Waals surface area contributed by atoms with Gasteiger partial charge in [-0.05, 0) is 61.6 Å². The highest BCUT2D eigenvalue weighted by Crippen LogP contribution is 2.36. The van der Waals surface area contributed by atoms with E-state index in [1.54, 1.807) is 22.0 Å². The number of nitriles is 1. The largest absolute Gasteiger partial charge is 0.292 e. The molecule has 0 saturated heterocycles. The number of aromatic nitrogens is 2. The van der Waals surface area contributed by atoms with Crippen LogP contribution >= 0.6 is 11.3 Å². The summed E-state index contributed by atoms with van der Waals surface area (Å²) in [6.07, 6.45) is 1.64. The number of hydrogen-bond donors (Lipinski definition) is 0. The molecule has 0 amide bonds. The Kier molecular flexibility index (Phi) is 5.75. The van der Waals surface area contributed by atoms with Gasteiger partial charge >= 0.3 is 0 Å². The van der Waals surface area contributed by atoms with Gasteiger partial charge in [-0.2, -0.15) is 5.26 Å². The lowest BCUT2D eigenvalue weighted by molar-refractivity contribution is 0.666. The molecule has 4 aromatic rings. The average molecular weight is 428 g/mol. The molecular formula is C26H25N3OS. The molecule has 0 unspecified atom stereocenters. The van der Waals surface area contributed by atoms with Crippen molar-refractivity contribution in [2.24, 2.45) is 0 Å². The number of nitrogens with zero attached hydrogens (tertiary/aromatic N) is 3. The molecular weight excluding hydrogens is 402 g/mol. The van der Waals surface area contributed by atoms with Gasteiger partial charge in [-0.3, -0.25) is 9.36 Å². The third-order valence-electron chi connectivity index (χ3n) is 5.73. The minimum atomic E-state index is -0.00612. The number of hydrogen-bond acceptors (Lipinski definition) is 4. The Bertz CT molecular complexity index is 1390. The molecule has 5 heteroatoms. The molecule has 0 fully saturated rings. The first-order valence-corrected chi connectivity index (χ1v) is 11.3. The molecule has 4 rings (SSSR count). The van der Waals surface area contributed by atoms with Crippen LogP contribution in [0.4, 0.5) is 0 Å². The second kappa shape index (κ2) is 8.49. The van der Waals surface area contributed by atoms with Crippen LogP contribution in [0.2, 0.25) is 0 Å². The van der Waals surface area contributed by atoms with Gasteiger partial charge < -0.3 is 0 Å². The first kappa shape index (κ1) is 21.0. The average Bonchev–Trinajstić information content (AvgIpc) is 3.09. The number of aryl methyl sites for hydroxylation is 4. The summed E-state index contributed by atoms with van der Waals surface area (Å²) in [5, 5.41) is 9.94. The third-order valence-corrected chi connectivity index (χ3v) is 6.73. The zero-order valence-electron chi connectivity index (χ0n) is 18.3. The van der Waals surface area contributed by atoms with Crippen LogP contribution in [0.1, 0.15) is 46.3 Å². The molecule has 0 bridgehead atoms. The van der Waals surface area contributed by atoms with E-state index in [1.807, 2.05) is 18.2 Å². The van der Waals surface area contributed by atoms with E-state index in [1.165, 1.54) is 11.1 Å². The van der Waals surface area contributed by atoms with E-state index in [-0.39, 0.29) is 5.56 Å². The summed E-state index contributed by atoms with van der Waals surface area (Å²) in [5.41, 5.74) is 6.02. The maximum absolute atomic E-state index is 13.8. The van der Waals surface area contributed by atoms with Crippen molar-refractivity contribution in [3.63, 3.8) is 0 Å². The molecule has 0 saturated carbocycles. The van der Waals surface area contributed by atoms with E-state index in [9.17, 15) is 10.1 Å². The Morgan fingerprint density at radius 3 is 2.61 bits per heavy atom. The molecule has 0 aliphatic heterocycles. The molecule has 0 aliphatic rings.